The Bertz CT molecular complexity index is 3820. The molecule has 7 aliphatic rings. The van der Waals surface area contributed by atoms with E-state index in [0.29, 0.717) is 0 Å². The lowest BCUT2D eigenvalue weighted by Crippen LogP contribution is -2.72. The molecular formula is C70H61BN2O. The van der Waals surface area contributed by atoms with Gasteiger partial charge in [-0.3, -0.25) is 0 Å². The summed E-state index contributed by atoms with van der Waals surface area (Å²) in [5.74, 6) is 1.11. The SMILES string of the molecule is CCCCc1ccc2c(c1)C1(C)C=CC(C)C3=C1C1(C)C(=C4c5ccccc5OC43C)B3c4c(cc(-c5c(C)cc(C)cc5C)cc4N21)-c1cccc2c1N3c1ccccc1C2(c1ccccc1)c1ccccc1. The summed E-state index contributed by atoms with van der Waals surface area (Å²) >= 11 is 0. The first-order valence-electron chi connectivity index (χ1n) is 27.3. The molecule has 0 aromatic heterocycles. The minimum absolute atomic E-state index is 0.144. The highest BCUT2D eigenvalue weighted by molar-refractivity contribution is 6.89. The van der Waals surface area contributed by atoms with Crippen LogP contribution in [0.15, 0.2) is 199 Å². The second-order valence-corrected chi connectivity index (χ2v) is 23.1. The van der Waals surface area contributed by atoms with E-state index in [0.717, 1.165) is 18.6 Å². The van der Waals surface area contributed by atoms with Crippen molar-refractivity contribution in [1.29, 1.82) is 0 Å². The number of aryl methyl sites for hydroxylation is 4. The average molecular weight is 957 g/mol. The van der Waals surface area contributed by atoms with E-state index >= 15 is 0 Å². The van der Waals surface area contributed by atoms with E-state index in [1.54, 1.807) is 0 Å². The summed E-state index contributed by atoms with van der Waals surface area (Å²) in [6.07, 6.45) is 8.49. The van der Waals surface area contributed by atoms with Crippen LogP contribution in [0, 0.1) is 26.7 Å². The Morgan fingerprint density at radius 1 is 0.622 bits per heavy atom. The van der Waals surface area contributed by atoms with Crippen molar-refractivity contribution in [3.63, 3.8) is 0 Å². The molecule has 15 rings (SSSR count). The number of anilines is 4. The van der Waals surface area contributed by atoms with Crippen LogP contribution in [-0.4, -0.2) is 18.0 Å². The van der Waals surface area contributed by atoms with Crippen LogP contribution in [0.4, 0.5) is 22.7 Å². The quantitative estimate of drug-likeness (QED) is 0.122. The maximum atomic E-state index is 7.70. The van der Waals surface area contributed by atoms with Gasteiger partial charge in [-0.1, -0.05) is 178 Å². The number of allylic oxidation sites excluding steroid dienone is 2. The number of benzene rings is 8. The lowest BCUT2D eigenvalue weighted by molar-refractivity contribution is 0.185. The minimum atomic E-state index is -0.733. The third-order valence-electron chi connectivity index (χ3n) is 19.0. The average Bonchev–Trinajstić information content (AvgIpc) is 3.90. The summed E-state index contributed by atoms with van der Waals surface area (Å²) in [4.78, 5) is 5.69. The highest BCUT2D eigenvalue weighted by Crippen LogP contribution is 2.71. The van der Waals surface area contributed by atoms with Crippen molar-refractivity contribution in [2.45, 2.75) is 96.6 Å². The zero-order valence-electron chi connectivity index (χ0n) is 43.9. The molecule has 4 heteroatoms. The zero-order chi connectivity index (χ0) is 50.2. The third-order valence-corrected chi connectivity index (χ3v) is 19.0. The Hall–Kier alpha value is -7.56. The molecular weight excluding hydrogens is 896 g/mol. The van der Waals surface area contributed by atoms with Gasteiger partial charge in [0.2, 0.25) is 0 Å². The predicted molar refractivity (Wildman–Crippen MR) is 308 cm³/mol. The number of rotatable bonds is 6. The Balaban J connectivity index is 1.17. The van der Waals surface area contributed by atoms with E-state index in [2.05, 4.69) is 247 Å². The van der Waals surface area contributed by atoms with E-state index < -0.39 is 22.0 Å². The highest BCUT2D eigenvalue weighted by atomic mass is 16.5. The van der Waals surface area contributed by atoms with Crippen molar-refractivity contribution < 1.29 is 4.74 Å². The number of unbranched alkanes of at least 4 members (excludes halogenated alkanes) is 1. The van der Waals surface area contributed by atoms with Gasteiger partial charge in [0, 0.05) is 44.9 Å². The number of ether oxygens (including phenoxy) is 1. The van der Waals surface area contributed by atoms with Gasteiger partial charge in [0.25, 0.3) is 0 Å². The van der Waals surface area contributed by atoms with E-state index in [4.69, 9.17) is 4.74 Å². The van der Waals surface area contributed by atoms with Crippen LogP contribution in [0.2, 0.25) is 0 Å². The van der Waals surface area contributed by atoms with Gasteiger partial charge in [0.15, 0.2) is 5.60 Å². The van der Waals surface area contributed by atoms with Crippen molar-refractivity contribution in [3.8, 4) is 28.0 Å². The molecule has 5 aliphatic heterocycles. The first-order valence-corrected chi connectivity index (χ1v) is 27.3. The van der Waals surface area contributed by atoms with Crippen molar-refractivity contribution in [2.24, 2.45) is 5.92 Å². The van der Waals surface area contributed by atoms with Crippen molar-refractivity contribution in [3.05, 3.63) is 254 Å². The van der Waals surface area contributed by atoms with Crippen LogP contribution in [0.5, 0.6) is 5.75 Å². The van der Waals surface area contributed by atoms with Gasteiger partial charge in [0.1, 0.15) is 5.75 Å². The lowest BCUT2D eigenvalue weighted by Gasteiger charge is -2.66. The summed E-state index contributed by atoms with van der Waals surface area (Å²) in [6, 6.07) is 65.8. The molecule has 0 radical (unpaired) electrons. The smallest absolute Gasteiger partial charge is 0.329 e. The molecule has 8 aromatic carbocycles. The van der Waals surface area contributed by atoms with Crippen LogP contribution in [-0.2, 0) is 17.3 Å². The lowest BCUT2D eigenvalue weighted by atomic mass is 9.33. The van der Waals surface area contributed by atoms with Gasteiger partial charge in [-0.15, -0.1) is 0 Å². The van der Waals surface area contributed by atoms with E-state index in [-0.39, 0.29) is 12.8 Å². The molecule has 74 heavy (non-hydrogen) atoms. The predicted octanol–water partition coefficient (Wildman–Crippen LogP) is 16.2. The number of hydrogen-bond acceptors (Lipinski definition) is 3. The zero-order valence-corrected chi connectivity index (χ0v) is 43.9. The third kappa shape index (κ3) is 5.24. The molecule has 360 valence electrons. The van der Waals surface area contributed by atoms with Crippen LogP contribution in [0.25, 0.3) is 27.8 Å². The first-order chi connectivity index (χ1) is 35.9. The minimum Gasteiger partial charge on any atom is -0.478 e. The van der Waals surface area contributed by atoms with Crippen LogP contribution < -0.4 is 19.9 Å². The molecule has 0 N–H and O–H groups in total. The van der Waals surface area contributed by atoms with Crippen LogP contribution in [0.1, 0.15) is 103 Å². The molecule has 3 nitrogen and oxygen atoms in total. The summed E-state index contributed by atoms with van der Waals surface area (Å²) in [7, 11) is 0. The second kappa shape index (κ2) is 15.0. The Morgan fingerprint density at radius 2 is 1.30 bits per heavy atom. The maximum absolute atomic E-state index is 7.70. The largest absolute Gasteiger partial charge is 0.478 e. The van der Waals surface area contributed by atoms with Crippen molar-refractivity contribution >= 4 is 40.6 Å². The Morgan fingerprint density at radius 3 is 2.04 bits per heavy atom. The van der Waals surface area contributed by atoms with Gasteiger partial charge in [-0.2, -0.15) is 0 Å². The van der Waals surface area contributed by atoms with Crippen molar-refractivity contribution in [2.75, 3.05) is 9.71 Å². The fraction of sp³-hybridized carbons (Fsp3) is 0.229. The summed E-state index contributed by atoms with van der Waals surface area (Å²) in [6.45, 7) is 19.0. The fourth-order valence-corrected chi connectivity index (χ4v) is 16.5. The number of hydrogen-bond donors (Lipinski definition) is 0. The fourth-order valence-electron chi connectivity index (χ4n) is 16.5. The molecule has 0 spiro atoms. The maximum Gasteiger partial charge on any atom is 0.329 e. The number of para-hydroxylation sites is 3. The van der Waals surface area contributed by atoms with Crippen LogP contribution >= 0.6 is 0 Å². The molecule has 0 amide bonds. The van der Waals surface area contributed by atoms with E-state index in [9.17, 15) is 0 Å². The van der Waals surface area contributed by atoms with Gasteiger partial charge < -0.3 is 14.4 Å². The van der Waals surface area contributed by atoms with Gasteiger partial charge >= 0.3 is 6.85 Å². The van der Waals surface area contributed by atoms with Crippen LogP contribution in [0.3, 0.4) is 0 Å². The normalized spacial score (nSPS) is 23.3. The molecule has 5 heterocycles. The topological polar surface area (TPSA) is 15.7 Å². The van der Waals surface area contributed by atoms with E-state index in [1.807, 2.05) is 0 Å². The number of fused-ring (bicyclic) bond motifs is 13. The number of nitrogens with zero attached hydrogens (tertiary/aromatic N) is 2. The summed E-state index contributed by atoms with van der Waals surface area (Å²) < 4.78 is 7.70. The Kier molecular flexibility index (Phi) is 8.94. The molecule has 0 saturated heterocycles. The van der Waals surface area contributed by atoms with Gasteiger partial charge in [0.05, 0.1) is 11.0 Å². The van der Waals surface area contributed by atoms with Gasteiger partial charge in [-0.25, -0.2) is 0 Å². The van der Waals surface area contributed by atoms with E-state index in [1.165, 1.54) is 135 Å². The summed E-state index contributed by atoms with van der Waals surface area (Å²) in [5, 5.41) is 0. The molecule has 8 aromatic rings. The molecule has 0 bridgehead atoms. The highest BCUT2D eigenvalue weighted by Gasteiger charge is 2.69. The first kappa shape index (κ1) is 44.0. The molecule has 4 atom stereocenters. The molecule has 0 saturated carbocycles. The monoisotopic (exact) mass is 956 g/mol. The standard InChI is InChI=1S/C70H61BN2O/c1-9-10-22-46-33-34-56-55(39-46)67(6)36-35-43(3)61-65(67)68(7)66(62-51-27-17-20-32-59(51)74-69(61,62)8)71-63-52(40-47(41-58(63)72(56)68)60-44(4)37-42(2)38-45(60)5)50-28-21-30-54-64(50)73(71)57-31-19-18-29-53(57)70(54,48-23-13-11-14-24-48)49-25-15-12-16-26-49/h11-21,23-41,43H,9-10,22H2,1-8H3. The van der Waals surface area contributed by atoms with Crippen molar-refractivity contribution in [1.82, 2.24) is 0 Å². The molecule has 2 aliphatic carbocycles. The molecule has 4 unspecified atom stereocenters. The summed E-state index contributed by atoms with van der Waals surface area (Å²) in [5.41, 5.74) is 27.9. The molecule has 0 fully saturated rings. The van der Waals surface area contributed by atoms with Gasteiger partial charge in [-0.05, 0) is 174 Å². The second-order valence-electron chi connectivity index (χ2n) is 23.1. The Labute approximate surface area is 437 Å².